The highest BCUT2D eigenvalue weighted by Gasteiger charge is 2.11. The second-order valence-corrected chi connectivity index (χ2v) is 5.96. The van der Waals surface area contributed by atoms with E-state index in [-0.39, 0.29) is 16.7 Å². The van der Waals surface area contributed by atoms with Crippen LogP contribution in [-0.4, -0.2) is 20.4 Å². The third-order valence-corrected chi connectivity index (χ3v) is 3.64. The van der Waals surface area contributed by atoms with Crippen LogP contribution in [-0.2, 0) is 0 Å². The number of nitrogens with one attached hydrogen (secondary N) is 3. The number of halogens is 1. The molecule has 1 amide bonds. The van der Waals surface area contributed by atoms with Gasteiger partial charge in [-0.25, -0.2) is 4.98 Å². The zero-order chi connectivity index (χ0) is 16.2. The predicted octanol–water partition coefficient (Wildman–Crippen LogP) is 2.73. The van der Waals surface area contributed by atoms with Gasteiger partial charge in [0.05, 0.1) is 0 Å². The summed E-state index contributed by atoms with van der Waals surface area (Å²) in [7, 11) is 0. The van der Waals surface area contributed by atoms with Gasteiger partial charge in [-0.15, -0.1) is 0 Å². The average molecular weight is 390 g/mol. The lowest BCUT2D eigenvalue weighted by Crippen LogP contribution is -2.43. The Morgan fingerprint density at radius 3 is 2.65 bits per heavy atom. The number of carbonyl (C=O) groups excluding carboxylic acids is 1. The van der Waals surface area contributed by atoms with Crippen LogP contribution in [0.3, 0.4) is 0 Å². The van der Waals surface area contributed by atoms with Crippen molar-refractivity contribution >= 4 is 50.5 Å². The zero-order valence-electron chi connectivity index (χ0n) is 11.8. The number of aromatic nitrogens is 2. The van der Waals surface area contributed by atoms with Crippen LogP contribution < -0.4 is 16.2 Å². The molecule has 6 nitrogen and oxygen atoms in total. The highest BCUT2D eigenvalue weighted by atomic mass is 79.9. The lowest BCUT2D eigenvalue weighted by atomic mass is 10.3. The van der Waals surface area contributed by atoms with Gasteiger partial charge in [-0.2, -0.15) is 0 Å². The maximum Gasteiger partial charge on any atom is 0.289 e. The van der Waals surface area contributed by atoms with Gasteiger partial charge >= 0.3 is 0 Å². The number of hydrogen-bond acceptors (Lipinski definition) is 3. The van der Waals surface area contributed by atoms with Crippen molar-refractivity contribution < 1.29 is 4.79 Å². The third kappa shape index (κ3) is 3.85. The first-order chi connectivity index (χ1) is 11.1. The Morgan fingerprint density at radius 2 is 1.87 bits per heavy atom. The first kappa shape index (κ1) is 15.4. The molecular formula is C15H12BrN5OS. The molecule has 8 heteroatoms. The lowest BCUT2D eigenvalue weighted by molar-refractivity contribution is 0.0940. The molecule has 23 heavy (non-hydrogen) atoms. The molecule has 0 fully saturated rings. The number of hydrazine groups is 1. The minimum Gasteiger partial charge on any atom is -0.331 e. The van der Waals surface area contributed by atoms with E-state index in [1.54, 1.807) is 10.6 Å². The Balaban J connectivity index is 1.61. The van der Waals surface area contributed by atoms with Crippen molar-refractivity contribution in [1.29, 1.82) is 0 Å². The van der Waals surface area contributed by atoms with Gasteiger partial charge in [0.15, 0.2) is 5.11 Å². The second-order valence-electron chi connectivity index (χ2n) is 4.64. The molecule has 0 unspecified atom stereocenters. The standard InChI is InChI=1S/C15H12BrN5OS/c16-10-6-7-13-18-12(9-21(13)8-10)14(22)19-20-15(23)17-11-4-2-1-3-5-11/h1-9H,(H,19,22)(H2,17,20,23). The number of para-hydroxylation sites is 1. The summed E-state index contributed by atoms with van der Waals surface area (Å²) in [6.07, 6.45) is 3.47. The number of nitrogens with zero attached hydrogens (tertiary/aromatic N) is 2. The normalized spacial score (nSPS) is 10.3. The summed E-state index contributed by atoms with van der Waals surface area (Å²) in [4.78, 5) is 16.3. The van der Waals surface area contributed by atoms with Crippen molar-refractivity contribution in [2.45, 2.75) is 0 Å². The minimum absolute atomic E-state index is 0.288. The maximum atomic E-state index is 12.1. The van der Waals surface area contributed by atoms with Crippen molar-refractivity contribution in [3.63, 3.8) is 0 Å². The molecule has 0 spiro atoms. The van der Waals surface area contributed by atoms with Crippen molar-refractivity contribution in [1.82, 2.24) is 20.2 Å². The molecule has 2 aromatic heterocycles. The van der Waals surface area contributed by atoms with Gasteiger partial charge in [0.1, 0.15) is 11.3 Å². The van der Waals surface area contributed by atoms with E-state index >= 15 is 0 Å². The van der Waals surface area contributed by atoms with Crippen LogP contribution in [0.5, 0.6) is 0 Å². The Hall–Kier alpha value is -2.45. The van der Waals surface area contributed by atoms with Crippen LogP contribution in [0.1, 0.15) is 10.5 Å². The molecule has 0 bridgehead atoms. The highest BCUT2D eigenvalue weighted by molar-refractivity contribution is 9.10. The summed E-state index contributed by atoms with van der Waals surface area (Å²) in [5.41, 5.74) is 6.97. The molecule has 116 valence electrons. The van der Waals surface area contributed by atoms with E-state index in [1.165, 1.54) is 0 Å². The molecule has 3 aromatic rings. The molecule has 2 heterocycles. The smallest absolute Gasteiger partial charge is 0.289 e. The number of pyridine rings is 1. The van der Waals surface area contributed by atoms with Gasteiger partial charge in [0.25, 0.3) is 5.91 Å². The van der Waals surface area contributed by atoms with Crippen LogP contribution >= 0.6 is 28.1 Å². The topological polar surface area (TPSA) is 70.5 Å². The van der Waals surface area contributed by atoms with Crippen LogP contribution in [0.25, 0.3) is 5.65 Å². The van der Waals surface area contributed by atoms with Crippen LogP contribution in [0, 0.1) is 0 Å². The SMILES string of the molecule is O=C(NNC(=S)Nc1ccccc1)c1cn2cc(Br)ccc2n1. The summed E-state index contributed by atoms with van der Waals surface area (Å²) in [6.45, 7) is 0. The van der Waals surface area contributed by atoms with Crippen molar-refractivity contribution in [3.8, 4) is 0 Å². The second kappa shape index (κ2) is 6.76. The largest absolute Gasteiger partial charge is 0.331 e. The fourth-order valence-corrected chi connectivity index (χ4v) is 2.46. The van der Waals surface area contributed by atoms with Gasteiger partial charge in [0, 0.05) is 22.6 Å². The van der Waals surface area contributed by atoms with Gasteiger partial charge in [-0.1, -0.05) is 18.2 Å². The molecule has 0 atom stereocenters. The highest BCUT2D eigenvalue weighted by Crippen LogP contribution is 2.12. The molecule has 0 aliphatic carbocycles. The molecular weight excluding hydrogens is 378 g/mol. The molecule has 0 radical (unpaired) electrons. The average Bonchev–Trinajstić information content (AvgIpc) is 2.96. The molecule has 1 aromatic carbocycles. The summed E-state index contributed by atoms with van der Waals surface area (Å²) in [5, 5.41) is 3.24. The number of carbonyl (C=O) groups is 1. The number of fused-ring (bicyclic) bond motifs is 1. The van der Waals surface area contributed by atoms with E-state index in [2.05, 4.69) is 37.1 Å². The number of anilines is 1. The Labute approximate surface area is 146 Å². The Morgan fingerprint density at radius 1 is 1.09 bits per heavy atom. The van der Waals surface area contributed by atoms with Gasteiger partial charge in [0.2, 0.25) is 0 Å². The Kier molecular flexibility index (Phi) is 4.54. The molecule has 0 aliphatic rings. The van der Waals surface area contributed by atoms with E-state index in [1.807, 2.05) is 48.7 Å². The fraction of sp³-hybridized carbons (Fsp3) is 0. The molecule has 0 aliphatic heterocycles. The van der Waals surface area contributed by atoms with Crippen LogP contribution in [0.4, 0.5) is 5.69 Å². The Bertz CT molecular complexity index is 865. The third-order valence-electron chi connectivity index (χ3n) is 2.97. The fourth-order valence-electron chi connectivity index (χ4n) is 1.94. The quantitative estimate of drug-likeness (QED) is 0.464. The van der Waals surface area contributed by atoms with Gasteiger partial charge in [-0.05, 0) is 52.4 Å². The summed E-state index contributed by atoms with van der Waals surface area (Å²) >= 11 is 8.49. The van der Waals surface area contributed by atoms with Crippen LogP contribution in [0.15, 0.2) is 59.3 Å². The van der Waals surface area contributed by atoms with Crippen LogP contribution in [0.2, 0.25) is 0 Å². The zero-order valence-corrected chi connectivity index (χ0v) is 14.2. The van der Waals surface area contributed by atoms with Crippen molar-refractivity contribution in [2.24, 2.45) is 0 Å². The van der Waals surface area contributed by atoms with Gasteiger partial charge < -0.3 is 9.72 Å². The number of thiocarbonyl (C=S) groups is 1. The number of imidazole rings is 1. The van der Waals surface area contributed by atoms with Crippen molar-refractivity contribution in [3.05, 3.63) is 65.0 Å². The summed E-state index contributed by atoms with van der Waals surface area (Å²) < 4.78 is 2.67. The van der Waals surface area contributed by atoms with E-state index < -0.39 is 0 Å². The van der Waals surface area contributed by atoms with E-state index in [0.29, 0.717) is 5.65 Å². The van der Waals surface area contributed by atoms with Crippen molar-refractivity contribution in [2.75, 3.05) is 5.32 Å². The number of hydrogen-bond donors (Lipinski definition) is 3. The predicted molar refractivity (Wildman–Crippen MR) is 96.2 cm³/mol. The van der Waals surface area contributed by atoms with E-state index in [9.17, 15) is 4.79 Å². The number of benzene rings is 1. The summed E-state index contributed by atoms with van der Waals surface area (Å²) in [5.74, 6) is -0.373. The molecule has 3 N–H and O–H groups in total. The monoisotopic (exact) mass is 389 g/mol. The molecule has 0 saturated carbocycles. The van der Waals surface area contributed by atoms with Gasteiger partial charge in [-0.3, -0.25) is 15.6 Å². The summed E-state index contributed by atoms with van der Waals surface area (Å²) in [6, 6.07) is 13.1. The molecule has 3 rings (SSSR count). The number of rotatable bonds is 2. The number of amides is 1. The minimum atomic E-state index is -0.373. The van der Waals surface area contributed by atoms with E-state index in [0.717, 1.165) is 10.2 Å². The van der Waals surface area contributed by atoms with E-state index in [4.69, 9.17) is 12.2 Å². The maximum absolute atomic E-state index is 12.1. The lowest BCUT2D eigenvalue weighted by Gasteiger charge is -2.10. The first-order valence-corrected chi connectivity index (χ1v) is 7.88. The molecule has 0 saturated heterocycles. The first-order valence-electron chi connectivity index (χ1n) is 6.68.